The number of morpholine rings is 1. The Kier molecular flexibility index (Phi) is 4.04. The summed E-state index contributed by atoms with van der Waals surface area (Å²) < 4.78 is 7.64. The fourth-order valence-corrected chi connectivity index (χ4v) is 2.89. The summed E-state index contributed by atoms with van der Waals surface area (Å²) >= 11 is 0. The molecule has 3 atom stereocenters. The maximum Gasteiger partial charge on any atom is 0.0678 e. The summed E-state index contributed by atoms with van der Waals surface area (Å²) in [6.45, 7) is 8.76. The third kappa shape index (κ3) is 2.74. The summed E-state index contributed by atoms with van der Waals surface area (Å²) in [5.41, 5.74) is 8.29. The zero-order valence-electron chi connectivity index (χ0n) is 11.8. The molecule has 0 amide bonds. The first-order valence-electron chi connectivity index (χ1n) is 6.61. The maximum absolute atomic E-state index is 5.99. The molecule has 0 aromatic carbocycles. The summed E-state index contributed by atoms with van der Waals surface area (Å²) in [5.74, 6) is 0. The van der Waals surface area contributed by atoms with E-state index in [-0.39, 0.29) is 18.2 Å². The first kappa shape index (κ1) is 13.5. The minimum atomic E-state index is 0.243. The Hall–Kier alpha value is -0.910. The van der Waals surface area contributed by atoms with Gasteiger partial charge in [-0.1, -0.05) is 0 Å². The molecular formula is C13H24N4O. The van der Waals surface area contributed by atoms with Crippen molar-refractivity contribution in [3.05, 3.63) is 17.5 Å². The number of hydrogen-bond acceptors (Lipinski definition) is 4. The standard InChI is InChI=1S/C13H24N4O/c1-9-6-17(7-10(2)18-9)13(5-14)12-8-16(4)15-11(12)3/h8-10,13H,5-7,14H2,1-4H3/t9-,10+,13?. The maximum atomic E-state index is 5.99. The molecule has 0 aliphatic carbocycles. The predicted molar refractivity (Wildman–Crippen MR) is 71.3 cm³/mol. The van der Waals surface area contributed by atoms with E-state index in [0.717, 1.165) is 18.8 Å². The molecule has 0 radical (unpaired) electrons. The van der Waals surface area contributed by atoms with E-state index in [4.69, 9.17) is 10.5 Å². The Morgan fingerprint density at radius 2 is 2.06 bits per heavy atom. The van der Waals surface area contributed by atoms with Crippen molar-refractivity contribution in [2.75, 3.05) is 19.6 Å². The molecule has 0 bridgehead atoms. The van der Waals surface area contributed by atoms with Gasteiger partial charge in [-0.25, -0.2) is 0 Å². The Balaban J connectivity index is 2.20. The molecule has 1 aliphatic rings. The van der Waals surface area contributed by atoms with E-state index in [2.05, 4.69) is 30.0 Å². The second-order valence-corrected chi connectivity index (χ2v) is 5.31. The van der Waals surface area contributed by atoms with Crippen molar-refractivity contribution in [1.29, 1.82) is 0 Å². The van der Waals surface area contributed by atoms with Crippen molar-refractivity contribution < 1.29 is 4.74 Å². The lowest BCUT2D eigenvalue weighted by Crippen LogP contribution is -2.48. The number of nitrogens with zero attached hydrogens (tertiary/aromatic N) is 3. The van der Waals surface area contributed by atoms with Crippen LogP contribution in [0.5, 0.6) is 0 Å². The van der Waals surface area contributed by atoms with E-state index in [1.54, 1.807) is 0 Å². The fraction of sp³-hybridized carbons (Fsp3) is 0.769. The largest absolute Gasteiger partial charge is 0.373 e. The second-order valence-electron chi connectivity index (χ2n) is 5.31. The summed E-state index contributed by atoms with van der Waals surface area (Å²) in [6.07, 6.45) is 2.61. The molecule has 1 aromatic rings. The minimum absolute atomic E-state index is 0.243. The van der Waals surface area contributed by atoms with Crippen molar-refractivity contribution in [2.45, 2.75) is 39.0 Å². The molecule has 102 valence electrons. The Labute approximate surface area is 109 Å². The van der Waals surface area contributed by atoms with E-state index < -0.39 is 0 Å². The van der Waals surface area contributed by atoms with Gasteiger partial charge in [0.15, 0.2) is 0 Å². The summed E-state index contributed by atoms with van der Waals surface area (Å²) in [6, 6.07) is 0.243. The van der Waals surface area contributed by atoms with Crippen LogP contribution in [0, 0.1) is 6.92 Å². The smallest absolute Gasteiger partial charge is 0.0678 e. The SMILES string of the molecule is Cc1nn(C)cc1C(CN)N1C[C@@H](C)O[C@@H](C)C1. The number of hydrogen-bond donors (Lipinski definition) is 1. The van der Waals surface area contributed by atoms with Crippen LogP contribution in [0.3, 0.4) is 0 Å². The monoisotopic (exact) mass is 252 g/mol. The van der Waals surface area contributed by atoms with Crippen LogP contribution in [0.1, 0.15) is 31.1 Å². The van der Waals surface area contributed by atoms with Crippen molar-refractivity contribution >= 4 is 0 Å². The summed E-state index contributed by atoms with van der Waals surface area (Å²) in [7, 11) is 1.95. The van der Waals surface area contributed by atoms with Gasteiger partial charge < -0.3 is 10.5 Å². The van der Waals surface area contributed by atoms with Gasteiger partial charge in [0.25, 0.3) is 0 Å². The van der Waals surface area contributed by atoms with Gasteiger partial charge in [0, 0.05) is 38.4 Å². The van der Waals surface area contributed by atoms with E-state index in [1.165, 1.54) is 5.56 Å². The van der Waals surface area contributed by atoms with Crippen LogP contribution in [0.25, 0.3) is 0 Å². The van der Waals surface area contributed by atoms with Gasteiger partial charge in [0.05, 0.1) is 23.9 Å². The van der Waals surface area contributed by atoms with Crippen molar-refractivity contribution in [3.63, 3.8) is 0 Å². The average Bonchev–Trinajstić information content (AvgIpc) is 2.58. The summed E-state index contributed by atoms with van der Waals surface area (Å²) in [5, 5.41) is 4.42. The van der Waals surface area contributed by atoms with Crippen LogP contribution in [0.2, 0.25) is 0 Å². The van der Waals surface area contributed by atoms with E-state index in [0.29, 0.717) is 6.54 Å². The lowest BCUT2D eigenvalue weighted by Gasteiger charge is -2.39. The second kappa shape index (κ2) is 5.38. The highest BCUT2D eigenvalue weighted by molar-refractivity contribution is 5.21. The average molecular weight is 252 g/mol. The Morgan fingerprint density at radius 1 is 1.44 bits per heavy atom. The molecule has 0 spiro atoms. The van der Waals surface area contributed by atoms with Gasteiger partial charge in [-0.2, -0.15) is 5.10 Å². The third-order valence-corrected chi connectivity index (χ3v) is 3.52. The molecule has 5 heteroatoms. The molecule has 18 heavy (non-hydrogen) atoms. The molecule has 1 aliphatic heterocycles. The summed E-state index contributed by atoms with van der Waals surface area (Å²) in [4.78, 5) is 2.42. The van der Waals surface area contributed by atoms with E-state index in [9.17, 15) is 0 Å². The number of aryl methyl sites for hydroxylation is 2. The number of ether oxygens (including phenoxy) is 1. The van der Waals surface area contributed by atoms with Gasteiger partial charge in [-0.05, 0) is 20.8 Å². The van der Waals surface area contributed by atoms with Crippen LogP contribution in [0.4, 0.5) is 0 Å². The van der Waals surface area contributed by atoms with Crippen LogP contribution in [0.15, 0.2) is 6.20 Å². The number of nitrogens with two attached hydrogens (primary N) is 1. The highest BCUT2D eigenvalue weighted by Crippen LogP contribution is 2.25. The van der Waals surface area contributed by atoms with Gasteiger partial charge in [-0.15, -0.1) is 0 Å². The van der Waals surface area contributed by atoms with Crippen molar-refractivity contribution in [3.8, 4) is 0 Å². The number of aromatic nitrogens is 2. The highest BCUT2D eigenvalue weighted by Gasteiger charge is 2.29. The van der Waals surface area contributed by atoms with Crippen LogP contribution >= 0.6 is 0 Å². The molecule has 2 rings (SSSR count). The fourth-order valence-electron chi connectivity index (χ4n) is 2.89. The molecule has 2 heterocycles. The zero-order valence-corrected chi connectivity index (χ0v) is 11.8. The molecule has 1 fully saturated rings. The molecule has 5 nitrogen and oxygen atoms in total. The molecule has 0 saturated carbocycles. The third-order valence-electron chi connectivity index (χ3n) is 3.52. The van der Waals surface area contributed by atoms with E-state index >= 15 is 0 Å². The molecule has 1 aromatic heterocycles. The minimum Gasteiger partial charge on any atom is -0.373 e. The Bertz CT molecular complexity index is 394. The molecule has 2 N–H and O–H groups in total. The molecule has 1 saturated heterocycles. The van der Waals surface area contributed by atoms with E-state index in [1.807, 2.05) is 18.7 Å². The zero-order chi connectivity index (χ0) is 13.3. The van der Waals surface area contributed by atoms with Crippen molar-refractivity contribution in [2.24, 2.45) is 12.8 Å². The van der Waals surface area contributed by atoms with Crippen LogP contribution in [-0.2, 0) is 11.8 Å². The van der Waals surface area contributed by atoms with Gasteiger partial charge in [0.2, 0.25) is 0 Å². The molecular weight excluding hydrogens is 228 g/mol. The first-order chi connectivity index (χ1) is 8.51. The number of rotatable bonds is 3. The van der Waals surface area contributed by atoms with Crippen molar-refractivity contribution in [1.82, 2.24) is 14.7 Å². The first-order valence-corrected chi connectivity index (χ1v) is 6.61. The molecule has 1 unspecified atom stereocenters. The van der Waals surface area contributed by atoms with Gasteiger partial charge >= 0.3 is 0 Å². The Morgan fingerprint density at radius 3 is 2.50 bits per heavy atom. The highest BCUT2D eigenvalue weighted by atomic mass is 16.5. The quantitative estimate of drug-likeness (QED) is 0.866. The lowest BCUT2D eigenvalue weighted by molar-refractivity contribution is -0.0800. The van der Waals surface area contributed by atoms with Gasteiger partial charge in [0.1, 0.15) is 0 Å². The predicted octanol–water partition coefficient (Wildman–Crippen LogP) is 0.838. The van der Waals surface area contributed by atoms with Crippen LogP contribution in [-0.4, -0.2) is 46.5 Å². The topological polar surface area (TPSA) is 56.3 Å². The lowest BCUT2D eigenvalue weighted by atomic mass is 10.0. The van der Waals surface area contributed by atoms with Crippen LogP contribution < -0.4 is 5.73 Å². The normalized spacial score (nSPS) is 27.4. The van der Waals surface area contributed by atoms with Gasteiger partial charge in [-0.3, -0.25) is 9.58 Å².